The Hall–Kier alpha value is -0.0800. The smallest absolute Gasteiger partial charge is 0.00938 e. The Bertz CT molecular complexity index is 177. The van der Waals surface area contributed by atoms with Crippen molar-refractivity contribution < 1.29 is 0 Å². The van der Waals surface area contributed by atoms with Gasteiger partial charge in [0.1, 0.15) is 0 Å². The zero-order valence-corrected chi connectivity index (χ0v) is 11.3. The van der Waals surface area contributed by atoms with Gasteiger partial charge < -0.3 is 10.6 Å². The Kier molecular flexibility index (Phi) is 6.36. The molecule has 0 aromatic heterocycles. The molecule has 1 saturated carbocycles. The summed E-state index contributed by atoms with van der Waals surface area (Å²) in [4.78, 5) is 0. The second kappa shape index (κ2) is 8.10. The molecule has 2 heteroatoms. The Morgan fingerprint density at radius 3 is 1.65 bits per heavy atom. The predicted octanol–water partition coefficient (Wildman–Crippen LogP) is 3.22. The molecule has 0 unspecified atom stereocenters. The molecule has 2 N–H and O–H groups in total. The fraction of sp³-hybridized carbons (Fsp3) is 1.00. The van der Waals surface area contributed by atoms with Gasteiger partial charge in [-0.3, -0.25) is 0 Å². The van der Waals surface area contributed by atoms with Crippen LogP contribution in [0.25, 0.3) is 0 Å². The van der Waals surface area contributed by atoms with Crippen molar-refractivity contribution in [2.45, 2.75) is 82.7 Å². The van der Waals surface area contributed by atoms with E-state index in [9.17, 15) is 0 Å². The van der Waals surface area contributed by atoms with E-state index in [0.29, 0.717) is 0 Å². The average molecular weight is 238 g/mol. The van der Waals surface area contributed by atoms with Gasteiger partial charge in [-0.2, -0.15) is 0 Å². The van der Waals surface area contributed by atoms with Crippen molar-refractivity contribution in [1.29, 1.82) is 0 Å². The lowest BCUT2D eigenvalue weighted by molar-refractivity contribution is 0.313. The van der Waals surface area contributed by atoms with E-state index < -0.39 is 0 Å². The van der Waals surface area contributed by atoms with Gasteiger partial charge in [0.05, 0.1) is 0 Å². The zero-order chi connectivity index (χ0) is 11.8. The highest BCUT2D eigenvalue weighted by molar-refractivity contribution is 4.79. The third kappa shape index (κ3) is 5.39. The van der Waals surface area contributed by atoms with Crippen LogP contribution in [-0.4, -0.2) is 25.2 Å². The molecule has 0 amide bonds. The van der Waals surface area contributed by atoms with Crippen LogP contribution in [0, 0.1) is 0 Å². The normalized spacial score (nSPS) is 26.8. The molecule has 2 nitrogen and oxygen atoms in total. The highest BCUT2D eigenvalue weighted by atomic mass is 15.0. The first kappa shape index (κ1) is 13.4. The van der Waals surface area contributed by atoms with Gasteiger partial charge in [0.2, 0.25) is 0 Å². The van der Waals surface area contributed by atoms with Crippen molar-refractivity contribution in [2.75, 3.05) is 13.1 Å². The van der Waals surface area contributed by atoms with Crippen LogP contribution in [-0.2, 0) is 0 Å². The van der Waals surface area contributed by atoms with Crippen LogP contribution in [0.4, 0.5) is 0 Å². The SMILES string of the molecule is C1CCCCC(NC2CCNCC2)CCCC1. The second-order valence-electron chi connectivity index (χ2n) is 5.94. The Morgan fingerprint density at radius 1 is 0.588 bits per heavy atom. The summed E-state index contributed by atoms with van der Waals surface area (Å²) in [6.45, 7) is 2.43. The van der Waals surface area contributed by atoms with Crippen LogP contribution in [0.5, 0.6) is 0 Å². The molecule has 0 aromatic carbocycles. The molecule has 2 rings (SSSR count). The van der Waals surface area contributed by atoms with E-state index in [1.54, 1.807) is 0 Å². The fourth-order valence-electron chi connectivity index (χ4n) is 3.30. The maximum atomic E-state index is 3.93. The highest BCUT2D eigenvalue weighted by Crippen LogP contribution is 2.18. The summed E-state index contributed by atoms with van der Waals surface area (Å²) in [7, 11) is 0. The van der Waals surface area contributed by atoms with Crippen molar-refractivity contribution in [3.8, 4) is 0 Å². The summed E-state index contributed by atoms with van der Waals surface area (Å²) >= 11 is 0. The molecule has 1 aliphatic carbocycles. The Morgan fingerprint density at radius 2 is 1.06 bits per heavy atom. The maximum absolute atomic E-state index is 3.93. The van der Waals surface area contributed by atoms with E-state index in [2.05, 4.69) is 10.6 Å². The molecule has 2 aliphatic rings. The third-order valence-electron chi connectivity index (χ3n) is 4.42. The van der Waals surface area contributed by atoms with Crippen molar-refractivity contribution in [1.82, 2.24) is 10.6 Å². The summed E-state index contributed by atoms with van der Waals surface area (Å²) in [5.41, 5.74) is 0. The van der Waals surface area contributed by atoms with E-state index in [1.807, 2.05) is 0 Å². The van der Waals surface area contributed by atoms with E-state index in [1.165, 1.54) is 83.7 Å². The monoisotopic (exact) mass is 238 g/mol. The molecule has 0 aromatic rings. The van der Waals surface area contributed by atoms with Crippen LogP contribution in [0.3, 0.4) is 0 Å². The molecule has 1 saturated heterocycles. The minimum atomic E-state index is 0.796. The maximum Gasteiger partial charge on any atom is 0.00938 e. The number of hydrogen-bond acceptors (Lipinski definition) is 2. The molecule has 0 radical (unpaired) electrons. The number of rotatable bonds is 2. The van der Waals surface area contributed by atoms with Gasteiger partial charge in [0, 0.05) is 12.1 Å². The molecule has 100 valence electrons. The van der Waals surface area contributed by atoms with E-state index >= 15 is 0 Å². The Labute approximate surface area is 107 Å². The lowest BCUT2D eigenvalue weighted by Crippen LogP contribution is -2.44. The van der Waals surface area contributed by atoms with Crippen molar-refractivity contribution >= 4 is 0 Å². The molecule has 0 bridgehead atoms. The van der Waals surface area contributed by atoms with E-state index in [0.717, 1.165) is 12.1 Å². The average Bonchev–Trinajstić information content (AvgIpc) is 2.38. The van der Waals surface area contributed by atoms with E-state index in [4.69, 9.17) is 0 Å². The standard InChI is InChI=1S/C15H30N2/c1-2-4-6-8-14(9-7-5-3-1)17-15-10-12-16-13-11-15/h14-17H,1-13H2. The van der Waals surface area contributed by atoms with Crippen LogP contribution < -0.4 is 10.6 Å². The van der Waals surface area contributed by atoms with Gasteiger partial charge in [0.25, 0.3) is 0 Å². The van der Waals surface area contributed by atoms with Crippen molar-refractivity contribution in [2.24, 2.45) is 0 Å². The van der Waals surface area contributed by atoms with Crippen LogP contribution >= 0.6 is 0 Å². The Balaban J connectivity index is 1.71. The zero-order valence-electron chi connectivity index (χ0n) is 11.3. The first-order valence-electron chi connectivity index (χ1n) is 7.92. The largest absolute Gasteiger partial charge is 0.317 e. The summed E-state index contributed by atoms with van der Waals surface area (Å²) in [5, 5.41) is 7.39. The molecule has 1 aliphatic heterocycles. The molecule has 1 heterocycles. The minimum absolute atomic E-state index is 0.796. The van der Waals surface area contributed by atoms with Crippen molar-refractivity contribution in [3.63, 3.8) is 0 Å². The summed E-state index contributed by atoms with van der Waals surface area (Å²) in [5.74, 6) is 0. The summed E-state index contributed by atoms with van der Waals surface area (Å²) in [6.07, 6.45) is 15.7. The van der Waals surface area contributed by atoms with Gasteiger partial charge >= 0.3 is 0 Å². The lowest BCUT2D eigenvalue weighted by atomic mass is 9.96. The van der Waals surface area contributed by atoms with Gasteiger partial charge in [0.15, 0.2) is 0 Å². The van der Waals surface area contributed by atoms with E-state index in [-0.39, 0.29) is 0 Å². The summed E-state index contributed by atoms with van der Waals surface area (Å²) in [6, 6.07) is 1.61. The fourth-order valence-corrected chi connectivity index (χ4v) is 3.30. The third-order valence-corrected chi connectivity index (χ3v) is 4.42. The molecule has 0 spiro atoms. The molecular weight excluding hydrogens is 208 g/mol. The van der Waals surface area contributed by atoms with Crippen LogP contribution in [0.2, 0.25) is 0 Å². The highest BCUT2D eigenvalue weighted by Gasteiger charge is 2.17. The predicted molar refractivity (Wildman–Crippen MR) is 74.4 cm³/mol. The lowest BCUT2D eigenvalue weighted by Gasteiger charge is -2.29. The van der Waals surface area contributed by atoms with Crippen LogP contribution in [0.15, 0.2) is 0 Å². The number of hydrogen-bond donors (Lipinski definition) is 2. The first-order chi connectivity index (χ1) is 8.45. The molecule has 17 heavy (non-hydrogen) atoms. The molecule has 0 atom stereocenters. The number of piperidine rings is 1. The second-order valence-corrected chi connectivity index (χ2v) is 5.94. The molecule has 2 fully saturated rings. The first-order valence-corrected chi connectivity index (χ1v) is 7.92. The number of nitrogens with one attached hydrogen (secondary N) is 2. The topological polar surface area (TPSA) is 24.1 Å². The van der Waals surface area contributed by atoms with Gasteiger partial charge in [-0.25, -0.2) is 0 Å². The van der Waals surface area contributed by atoms with Crippen molar-refractivity contribution in [3.05, 3.63) is 0 Å². The molecular formula is C15H30N2. The quantitative estimate of drug-likeness (QED) is 0.772. The van der Waals surface area contributed by atoms with Crippen LogP contribution in [0.1, 0.15) is 70.6 Å². The summed E-state index contributed by atoms with van der Waals surface area (Å²) < 4.78 is 0. The van der Waals surface area contributed by atoms with Gasteiger partial charge in [-0.1, -0.05) is 44.9 Å². The van der Waals surface area contributed by atoms with Gasteiger partial charge in [-0.05, 0) is 38.8 Å². The minimum Gasteiger partial charge on any atom is -0.317 e. The van der Waals surface area contributed by atoms with Gasteiger partial charge in [-0.15, -0.1) is 0 Å².